The van der Waals surface area contributed by atoms with E-state index in [1.54, 1.807) is 6.26 Å². The molecule has 0 aliphatic rings. The van der Waals surface area contributed by atoms with E-state index < -0.39 is 14.0 Å². The van der Waals surface area contributed by atoms with Crippen LogP contribution in [0, 0.1) is 0 Å². The molecule has 1 N–H and O–H groups in total. The third kappa shape index (κ3) is 3.03. The van der Waals surface area contributed by atoms with Crippen molar-refractivity contribution in [3.63, 3.8) is 0 Å². The number of hydrogen-bond donors (Lipinski definition) is 1. The smallest absolute Gasteiger partial charge is 0.303 e. The fraction of sp³-hybridized carbons (Fsp3) is 0.500. The molecule has 14 heavy (non-hydrogen) atoms. The lowest BCUT2D eigenvalue weighted by atomic mass is 10.2. The van der Waals surface area contributed by atoms with Crippen LogP contribution in [0.15, 0.2) is 16.7 Å². The Morgan fingerprint density at radius 3 is 2.57 bits per heavy atom. The molecular weight excluding hydrogens is 196 g/mol. The van der Waals surface area contributed by atoms with E-state index in [0.29, 0.717) is 6.42 Å². The van der Waals surface area contributed by atoms with Crippen molar-refractivity contribution in [2.45, 2.75) is 32.5 Å². The van der Waals surface area contributed by atoms with Crippen molar-refractivity contribution in [2.75, 3.05) is 0 Å². The number of carbonyl (C=O) groups is 1. The van der Waals surface area contributed by atoms with Gasteiger partial charge in [0, 0.05) is 6.42 Å². The molecule has 1 aromatic rings. The van der Waals surface area contributed by atoms with Crippen molar-refractivity contribution in [3.05, 3.63) is 17.9 Å². The fourth-order valence-corrected chi connectivity index (χ4v) is 2.18. The first-order chi connectivity index (χ1) is 6.39. The SMILES string of the molecule is C[Si](C)(C)c1cc(CCC(=O)O)co1. The molecule has 0 aliphatic heterocycles. The summed E-state index contributed by atoms with van der Waals surface area (Å²) < 4.78 is 5.43. The van der Waals surface area contributed by atoms with Crippen molar-refractivity contribution in [2.24, 2.45) is 0 Å². The minimum absolute atomic E-state index is 0.171. The number of carboxylic acid groups (broad SMARTS) is 1. The first-order valence-electron chi connectivity index (χ1n) is 4.69. The molecule has 0 amide bonds. The minimum atomic E-state index is -1.38. The van der Waals surface area contributed by atoms with Crippen LogP contribution in [0.2, 0.25) is 19.6 Å². The van der Waals surface area contributed by atoms with Gasteiger partial charge in [-0.15, -0.1) is 0 Å². The van der Waals surface area contributed by atoms with Crippen LogP contribution in [0.25, 0.3) is 0 Å². The first kappa shape index (κ1) is 11.0. The van der Waals surface area contributed by atoms with E-state index in [0.717, 1.165) is 10.9 Å². The van der Waals surface area contributed by atoms with Crippen LogP contribution in [-0.4, -0.2) is 19.1 Å². The predicted molar refractivity (Wildman–Crippen MR) is 57.6 cm³/mol. The number of aliphatic carboxylic acids is 1. The van der Waals surface area contributed by atoms with Crippen LogP contribution in [0.3, 0.4) is 0 Å². The van der Waals surface area contributed by atoms with Gasteiger partial charge in [0.25, 0.3) is 0 Å². The molecule has 0 aliphatic carbocycles. The second kappa shape index (κ2) is 4.00. The molecule has 3 nitrogen and oxygen atoms in total. The summed E-state index contributed by atoms with van der Waals surface area (Å²) >= 11 is 0. The lowest BCUT2D eigenvalue weighted by Crippen LogP contribution is -2.36. The van der Waals surface area contributed by atoms with Gasteiger partial charge in [0.2, 0.25) is 0 Å². The molecule has 0 saturated heterocycles. The molecule has 0 fully saturated rings. The summed E-state index contributed by atoms with van der Waals surface area (Å²) in [6, 6.07) is 2.00. The summed E-state index contributed by atoms with van der Waals surface area (Å²) in [5.74, 6) is -0.763. The number of rotatable bonds is 4. The molecule has 0 aromatic carbocycles. The third-order valence-corrected chi connectivity index (χ3v) is 3.76. The normalized spacial score (nSPS) is 11.6. The molecule has 1 heterocycles. The number of carboxylic acids is 1. The lowest BCUT2D eigenvalue weighted by Gasteiger charge is -2.10. The summed E-state index contributed by atoms with van der Waals surface area (Å²) in [6.45, 7) is 6.60. The zero-order valence-electron chi connectivity index (χ0n) is 8.83. The van der Waals surface area contributed by atoms with Crippen LogP contribution in [-0.2, 0) is 11.2 Å². The van der Waals surface area contributed by atoms with E-state index >= 15 is 0 Å². The highest BCUT2D eigenvalue weighted by atomic mass is 28.3. The van der Waals surface area contributed by atoms with Gasteiger partial charge in [-0.3, -0.25) is 4.79 Å². The minimum Gasteiger partial charge on any atom is -0.481 e. The Kier molecular flexibility index (Phi) is 3.16. The fourth-order valence-electron chi connectivity index (χ4n) is 1.15. The highest BCUT2D eigenvalue weighted by Crippen LogP contribution is 2.08. The zero-order valence-corrected chi connectivity index (χ0v) is 9.83. The van der Waals surface area contributed by atoms with Crippen LogP contribution in [0.4, 0.5) is 0 Å². The van der Waals surface area contributed by atoms with Crippen LogP contribution < -0.4 is 5.38 Å². The van der Waals surface area contributed by atoms with Crippen LogP contribution in [0.5, 0.6) is 0 Å². The molecule has 1 aromatic heterocycles. The molecule has 0 radical (unpaired) electrons. The Balaban J connectivity index is 2.64. The van der Waals surface area contributed by atoms with Crippen molar-refractivity contribution in [3.8, 4) is 0 Å². The second-order valence-electron chi connectivity index (χ2n) is 4.46. The van der Waals surface area contributed by atoms with E-state index in [1.807, 2.05) is 6.07 Å². The maximum Gasteiger partial charge on any atom is 0.303 e. The Labute approximate surface area is 84.8 Å². The monoisotopic (exact) mass is 212 g/mol. The van der Waals surface area contributed by atoms with E-state index in [9.17, 15) is 4.79 Å². The van der Waals surface area contributed by atoms with Crippen molar-refractivity contribution >= 4 is 19.4 Å². The molecule has 0 unspecified atom stereocenters. The van der Waals surface area contributed by atoms with Crippen molar-refractivity contribution < 1.29 is 14.3 Å². The summed E-state index contributed by atoms with van der Waals surface area (Å²) in [5, 5.41) is 9.56. The molecule has 78 valence electrons. The van der Waals surface area contributed by atoms with Crippen LogP contribution in [0.1, 0.15) is 12.0 Å². The molecular formula is C10H16O3Si. The Morgan fingerprint density at radius 1 is 1.50 bits per heavy atom. The van der Waals surface area contributed by atoms with Gasteiger partial charge in [-0.1, -0.05) is 19.6 Å². The largest absolute Gasteiger partial charge is 0.481 e. The summed E-state index contributed by atoms with van der Waals surface area (Å²) in [4.78, 5) is 10.4. The second-order valence-corrected chi connectivity index (χ2v) is 9.46. The number of aryl methyl sites for hydroxylation is 1. The van der Waals surface area contributed by atoms with Gasteiger partial charge in [-0.2, -0.15) is 0 Å². The Hall–Kier alpha value is -1.03. The van der Waals surface area contributed by atoms with Gasteiger partial charge in [-0.25, -0.2) is 0 Å². The standard InChI is InChI=1S/C10H16O3Si/c1-14(2,3)10-6-8(7-13-10)4-5-9(11)12/h6-7H,4-5H2,1-3H3,(H,11,12). The highest BCUT2D eigenvalue weighted by Gasteiger charge is 2.20. The molecule has 0 bridgehead atoms. The van der Waals surface area contributed by atoms with Crippen molar-refractivity contribution in [1.82, 2.24) is 0 Å². The van der Waals surface area contributed by atoms with E-state index in [2.05, 4.69) is 19.6 Å². The third-order valence-electron chi connectivity index (χ3n) is 2.02. The molecule has 0 saturated carbocycles. The van der Waals surface area contributed by atoms with Gasteiger partial charge in [0.1, 0.15) is 8.07 Å². The topological polar surface area (TPSA) is 50.4 Å². The van der Waals surface area contributed by atoms with Gasteiger partial charge < -0.3 is 9.52 Å². The molecule has 0 atom stereocenters. The average Bonchev–Trinajstić information content (AvgIpc) is 2.47. The quantitative estimate of drug-likeness (QED) is 0.775. The van der Waals surface area contributed by atoms with E-state index in [1.165, 1.54) is 0 Å². The summed E-state index contributed by atoms with van der Waals surface area (Å²) in [7, 11) is -1.38. The summed E-state index contributed by atoms with van der Waals surface area (Å²) in [5.41, 5.74) is 0.991. The van der Waals surface area contributed by atoms with Crippen LogP contribution >= 0.6 is 0 Å². The van der Waals surface area contributed by atoms with Gasteiger partial charge >= 0.3 is 5.97 Å². The number of furan rings is 1. The predicted octanol–water partition coefficient (Wildman–Crippen LogP) is 1.84. The van der Waals surface area contributed by atoms with Gasteiger partial charge in [0.05, 0.1) is 11.6 Å². The number of hydrogen-bond acceptors (Lipinski definition) is 2. The lowest BCUT2D eigenvalue weighted by molar-refractivity contribution is -0.136. The molecule has 1 rings (SSSR count). The summed E-state index contributed by atoms with van der Waals surface area (Å²) in [6.07, 6.45) is 2.41. The highest BCUT2D eigenvalue weighted by molar-refractivity contribution is 6.87. The van der Waals surface area contributed by atoms with E-state index in [-0.39, 0.29) is 6.42 Å². The van der Waals surface area contributed by atoms with Crippen molar-refractivity contribution in [1.29, 1.82) is 0 Å². The Morgan fingerprint density at radius 2 is 2.14 bits per heavy atom. The van der Waals surface area contributed by atoms with E-state index in [4.69, 9.17) is 9.52 Å². The average molecular weight is 212 g/mol. The van der Waals surface area contributed by atoms with Gasteiger partial charge in [-0.05, 0) is 18.1 Å². The Bertz CT molecular complexity index is 322. The first-order valence-corrected chi connectivity index (χ1v) is 8.19. The molecule has 0 spiro atoms. The molecule has 4 heteroatoms. The maximum atomic E-state index is 10.4. The van der Waals surface area contributed by atoms with Gasteiger partial charge in [0.15, 0.2) is 0 Å². The zero-order chi connectivity index (χ0) is 10.8. The maximum absolute atomic E-state index is 10.4.